The molecule has 0 aliphatic heterocycles. The summed E-state index contributed by atoms with van der Waals surface area (Å²) in [4.78, 5) is 0. The van der Waals surface area contributed by atoms with E-state index in [-0.39, 0.29) is 11.1 Å². The Kier molecular flexibility index (Phi) is 3.66. The maximum atomic E-state index is 13.3. The number of benzene rings is 3. The Hall–Kier alpha value is -1.90. The average molecular weight is 300 g/mol. The molecule has 106 valence electrons. The molecule has 3 aromatic carbocycles. The minimum Gasteiger partial charge on any atom is -0.320 e. The molecule has 0 amide bonds. The van der Waals surface area contributed by atoms with Crippen LogP contribution < -0.4 is 5.73 Å². The second kappa shape index (κ2) is 5.47. The molecule has 0 saturated heterocycles. The van der Waals surface area contributed by atoms with E-state index in [0.29, 0.717) is 0 Å². The topological polar surface area (TPSA) is 26.0 Å². The summed E-state index contributed by atoms with van der Waals surface area (Å²) in [6.45, 7) is 2.08. The molecule has 1 nitrogen and oxygen atoms in total. The van der Waals surface area contributed by atoms with E-state index in [0.717, 1.165) is 16.5 Å². The van der Waals surface area contributed by atoms with Crippen LogP contribution in [0.2, 0.25) is 5.02 Å². The van der Waals surface area contributed by atoms with Gasteiger partial charge in [-0.2, -0.15) is 0 Å². The smallest absolute Gasteiger partial charge is 0.141 e. The summed E-state index contributed by atoms with van der Waals surface area (Å²) in [5, 5.41) is 2.39. The molecule has 3 aromatic rings. The van der Waals surface area contributed by atoms with Crippen molar-refractivity contribution in [2.75, 3.05) is 0 Å². The van der Waals surface area contributed by atoms with Gasteiger partial charge in [0, 0.05) is 0 Å². The molecule has 0 spiro atoms. The van der Waals surface area contributed by atoms with Gasteiger partial charge >= 0.3 is 0 Å². The van der Waals surface area contributed by atoms with Gasteiger partial charge < -0.3 is 5.73 Å². The maximum Gasteiger partial charge on any atom is 0.141 e. The maximum absolute atomic E-state index is 13.3. The van der Waals surface area contributed by atoms with Gasteiger partial charge in [0.05, 0.1) is 11.1 Å². The van der Waals surface area contributed by atoms with Gasteiger partial charge in [-0.05, 0) is 46.5 Å². The van der Waals surface area contributed by atoms with Gasteiger partial charge in [-0.15, -0.1) is 0 Å². The molecule has 21 heavy (non-hydrogen) atoms. The quantitative estimate of drug-likeness (QED) is 0.709. The Labute approximate surface area is 128 Å². The lowest BCUT2D eigenvalue weighted by Gasteiger charge is -2.17. The lowest BCUT2D eigenvalue weighted by molar-refractivity contribution is 0.627. The summed E-state index contributed by atoms with van der Waals surface area (Å²) < 4.78 is 13.3. The van der Waals surface area contributed by atoms with Crippen molar-refractivity contribution in [3.8, 4) is 0 Å². The summed E-state index contributed by atoms with van der Waals surface area (Å²) >= 11 is 5.86. The van der Waals surface area contributed by atoms with Crippen LogP contribution in [0, 0.1) is 12.7 Å². The number of aryl methyl sites for hydroxylation is 1. The van der Waals surface area contributed by atoms with Crippen LogP contribution in [0.15, 0.2) is 54.6 Å². The number of rotatable bonds is 2. The largest absolute Gasteiger partial charge is 0.320 e. The average Bonchev–Trinajstić information content (AvgIpc) is 2.50. The van der Waals surface area contributed by atoms with Gasteiger partial charge in [-0.25, -0.2) is 4.39 Å². The highest BCUT2D eigenvalue weighted by Crippen LogP contribution is 2.30. The van der Waals surface area contributed by atoms with Crippen molar-refractivity contribution in [1.29, 1.82) is 0 Å². The molecule has 0 aliphatic carbocycles. The van der Waals surface area contributed by atoms with Gasteiger partial charge in [0.1, 0.15) is 5.82 Å². The molecule has 2 N–H and O–H groups in total. The Balaban J connectivity index is 2.15. The molecule has 3 rings (SSSR count). The van der Waals surface area contributed by atoms with Crippen LogP contribution in [0.5, 0.6) is 0 Å². The molecule has 0 heterocycles. The van der Waals surface area contributed by atoms with E-state index in [4.69, 9.17) is 17.3 Å². The van der Waals surface area contributed by atoms with Gasteiger partial charge in [-0.1, -0.05) is 54.1 Å². The predicted octanol–water partition coefficient (Wildman–Crippen LogP) is 4.99. The lowest BCUT2D eigenvalue weighted by atomic mass is 9.92. The van der Waals surface area contributed by atoms with Crippen molar-refractivity contribution in [2.45, 2.75) is 13.0 Å². The summed E-state index contributed by atoms with van der Waals surface area (Å²) in [6.07, 6.45) is 0. The number of halogens is 2. The minimum atomic E-state index is -0.429. The first-order chi connectivity index (χ1) is 10.1. The first-order valence-corrected chi connectivity index (χ1v) is 7.14. The molecule has 0 radical (unpaired) electrons. The van der Waals surface area contributed by atoms with Crippen molar-refractivity contribution in [1.82, 2.24) is 0 Å². The van der Waals surface area contributed by atoms with Gasteiger partial charge in [0.2, 0.25) is 0 Å². The zero-order valence-electron chi connectivity index (χ0n) is 11.6. The zero-order valence-corrected chi connectivity index (χ0v) is 12.4. The van der Waals surface area contributed by atoms with Crippen molar-refractivity contribution < 1.29 is 4.39 Å². The summed E-state index contributed by atoms with van der Waals surface area (Å²) in [7, 11) is 0. The highest BCUT2D eigenvalue weighted by Gasteiger charge is 2.14. The highest BCUT2D eigenvalue weighted by molar-refractivity contribution is 6.30. The van der Waals surface area contributed by atoms with Crippen LogP contribution in [0.4, 0.5) is 4.39 Å². The predicted molar refractivity (Wildman–Crippen MR) is 86.1 cm³/mol. The van der Waals surface area contributed by atoms with Crippen molar-refractivity contribution in [2.24, 2.45) is 5.73 Å². The van der Waals surface area contributed by atoms with Crippen LogP contribution in [0.1, 0.15) is 22.7 Å². The monoisotopic (exact) mass is 299 g/mol. The van der Waals surface area contributed by atoms with Gasteiger partial charge in [0.15, 0.2) is 0 Å². The number of hydrogen-bond acceptors (Lipinski definition) is 1. The number of nitrogens with two attached hydrogens (primary N) is 1. The molecule has 0 bridgehead atoms. The van der Waals surface area contributed by atoms with Crippen LogP contribution in [0.25, 0.3) is 10.8 Å². The molecule has 0 fully saturated rings. The van der Waals surface area contributed by atoms with E-state index in [1.54, 1.807) is 12.1 Å². The van der Waals surface area contributed by atoms with Crippen molar-refractivity contribution in [3.05, 3.63) is 82.1 Å². The van der Waals surface area contributed by atoms with Gasteiger partial charge in [0.25, 0.3) is 0 Å². The normalized spacial score (nSPS) is 12.6. The van der Waals surface area contributed by atoms with E-state index in [2.05, 4.69) is 25.1 Å². The Morgan fingerprint density at radius 2 is 1.71 bits per heavy atom. The second-order valence-electron chi connectivity index (χ2n) is 5.17. The third-order valence-electron chi connectivity index (χ3n) is 3.81. The first kappa shape index (κ1) is 14.1. The molecular formula is C18H15ClFN. The lowest BCUT2D eigenvalue weighted by Crippen LogP contribution is -2.12. The second-order valence-corrected chi connectivity index (χ2v) is 5.58. The van der Waals surface area contributed by atoms with Crippen LogP contribution in [-0.4, -0.2) is 0 Å². The molecular weight excluding hydrogens is 285 g/mol. The van der Waals surface area contributed by atoms with Crippen LogP contribution in [0.3, 0.4) is 0 Å². The number of hydrogen-bond donors (Lipinski definition) is 1. The minimum absolute atomic E-state index is 0.0966. The SMILES string of the molecule is Cc1ccc(C(N)c2ccc(F)c(Cl)c2)c2ccccc12. The molecule has 0 aromatic heterocycles. The van der Waals surface area contributed by atoms with E-state index in [1.807, 2.05) is 18.2 Å². The zero-order chi connectivity index (χ0) is 15.0. The Morgan fingerprint density at radius 3 is 2.43 bits per heavy atom. The fourth-order valence-electron chi connectivity index (χ4n) is 2.63. The van der Waals surface area contributed by atoms with Crippen molar-refractivity contribution >= 4 is 22.4 Å². The van der Waals surface area contributed by atoms with E-state index < -0.39 is 5.82 Å². The third kappa shape index (κ3) is 2.53. The first-order valence-electron chi connectivity index (χ1n) is 6.76. The van der Waals surface area contributed by atoms with E-state index >= 15 is 0 Å². The molecule has 1 atom stereocenters. The fraction of sp³-hybridized carbons (Fsp3) is 0.111. The Bertz CT molecular complexity index is 813. The fourth-order valence-corrected chi connectivity index (χ4v) is 2.82. The summed E-state index contributed by atoms with van der Waals surface area (Å²) in [6, 6.07) is 16.5. The van der Waals surface area contributed by atoms with Crippen LogP contribution in [-0.2, 0) is 0 Å². The molecule has 3 heteroatoms. The standard InChI is InChI=1S/C18H15ClFN/c1-11-6-8-15(14-5-3-2-4-13(11)14)18(21)12-7-9-17(20)16(19)10-12/h2-10,18H,21H2,1H3. The highest BCUT2D eigenvalue weighted by atomic mass is 35.5. The molecule has 1 unspecified atom stereocenters. The summed E-state index contributed by atoms with van der Waals surface area (Å²) in [5.41, 5.74) is 9.39. The summed E-state index contributed by atoms with van der Waals surface area (Å²) in [5.74, 6) is -0.429. The Morgan fingerprint density at radius 1 is 1.00 bits per heavy atom. The van der Waals surface area contributed by atoms with Gasteiger partial charge in [-0.3, -0.25) is 0 Å². The third-order valence-corrected chi connectivity index (χ3v) is 4.10. The molecule has 0 saturated carbocycles. The van der Waals surface area contributed by atoms with E-state index in [1.165, 1.54) is 17.0 Å². The number of fused-ring (bicyclic) bond motifs is 1. The van der Waals surface area contributed by atoms with Crippen LogP contribution >= 0.6 is 11.6 Å². The van der Waals surface area contributed by atoms with Crippen molar-refractivity contribution in [3.63, 3.8) is 0 Å². The molecule has 0 aliphatic rings. The van der Waals surface area contributed by atoms with E-state index in [9.17, 15) is 4.39 Å².